The zero-order chi connectivity index (χ0) is 22.4. The molecule has 1 saturated heterocycles. The summed E-state index contributed by atoms with van der Waals surface area (Å²) in [5.74, 6) is 0.630. The fourth-order valence-corrected chi connectivity index (χ4v) is 3.82. The topological polar surface area (TPSA) is 69.7 Å². The number of halogens is 1. The van der Waals surface area contributed by atoms with E-state index in [2.05, 4.69) is 34.4 Å². The number of benzene rings is 1. The van der Waals surface area contributed by atoms with Gasteiger partial charge in [0.1, 0.15) is 11.6 Å². The fourth-order valence-electron chi connectivity index (χ4n) is 3.82. The second-order valence-electron chi connectivity index (χ2n) is 8.28. The number of hydrogen-bond acceptors (Lipinski definition) is 5. The molecule has 1 aliphatic heterocycles. The van der Waals surface area contributed by atoms with Gasteiger partial charge in [-0.05, 0) is 57.3 Å². The van der Waals surface area contributed by atoms with Crippen LogP contribution in [0, 0.1) is 5.82 Å². The van der Waals surface area contributed by atoms with Gasteiger partial charge in [-0.25, -0.2) is 14.2 Å². The third-order valence-electron chi connectivity index (χ3n) is 5.32. The number of rotatable bonds is 7. The van der Waals surface area contributed by atoms with Crippen LogP contribution in [0.2, 0.25) is 0 Å². The maximum Gasteiger partial charge on any atom is 0.315 e. The monoisotopic (exact) mass is 429 g/mol. The second-order valence-corrected chi connectivity index (χ2v) is 8.28. The van der Waals surface area contributed by atoms with E-state index in [-0.39, 0.29) is 30.1 Å². The van der Waals surface area contributed by atoms with E-state index in [1.165, 1.54) is 12.1 Å². The average Bonchev–Trinajstić information content (AvgIpc) is 2.72. The molecule has 1 aromatic heterocycles. The van der Waals surface area contributed by atoms with Gasteiger partial charge in [0.15, 0.2) is 0 Å². The van der Waals surface area contributed by atoms with Gasteiger partial charge < -0.3 is 25.2 Å². The molecular weight excluding hydrogens is 397 g/mol. The Morgan fingerprint density at radius 2 is 1.97 bits per heavy atom. The van der Waals surface area contributed by atoms with Crippen molar-refractivity contribution in [2.24, 2.45) is 0 Å². The molecule has 1 aromatic carbocycles. The molecule has 3 unspecified atom stereocenters. The molecule has 7 nitrogen and oxygen atoms in total. The lowest BCUT2D eigenvalue weighted by molar-refractivity contribution is -0.00546. The molecule has 2 amide bonds. The highest BCUT2D eigenvalue weighted by molar-refractivity contribution is 5.73. The van der Waals surface area contributed by atoms with Crippen LogP contribution in [-0.4, -0.2) is 61.9 Å². The number of carbonyl (C=O) groups is 1. The number of likely N-dealkylation sites (N-methyl/N-ethyl adjacent to an activating group) is 1. The van der Waals surface area contributed by atoms with E-state index < -0.39 is 0 Å². The van der Waals surface area contributed by atoms with Crippen LogP contribution in [-0.2, 0) is 11.3 Å². The van der Waals surface area contributed by atoms with Crippen LogP contribution >= 0.6 is 0 Å². The number of carbonyl (C=O) groups excluding carboxylic acids is 1. The number of nitrogens with one attached hydrogen (secondary N) is 2. The molecule has 31 heavy (non-hydrogen) atoms. The largest absolute Gasteiger partial charge is 0.372 e. The molecule has 3 atom stereocenters. The first-order valence-electron chi connectivity index (χ1n) is 10.6. The lowest BCUT2D eigenvalue weighted by Gasteiger charge is -2.36. The Kier molecular flexibility index (Phi) is 7.81. The summed E-state index contributed by atoms with van der Waals surface area (Å²) in [5.41, 5.74) is 1.74. The summed E-state index contributed by atoms with van der Waals surface area (Å²) in [5, 5.41) is 5.72. The number of anilines is 1. The molecule has 0 saturated carbocycles. The van der Waals surface area contributed by atoms with Crippen molar-refractivity contribution in [3.8, 4) is 0 Å². The molecule has 0 bridgehead atoms. The van der Waals surface area contributed by atoms with E-state index >= 15 is 0 Å². The van der Waals surface area contributed by atoms with Gasteiger partial charge in [0.05, 0.1) is 18.2 Å². The molecule has 168 valence electrons. The molecule has 3 rings (SSSR count). The van der Waals surface area contributed by atoms with Crippen molar-refractivity contribution >= 4 is 11.8 Å². The van der Waals surface area contributed by atoms with Crippen LogP contribution in [0.25, 0.3) is 0 Å². The Bertz CT molecular complexity index is 851. The van der Waals surface area contributed by atoms with Crippen molar-refractivity contribution in [2.45, 2.75) is 38.6 Å². The number of aromatic nitrogens is 1. The number of urea groups is 1. The van der Waals surface area contributed by atoms with Gasteiger partial charge in [-0.1, -0.05) is 18.2 Å². The van der Waals surface area contributed by atoms with Crippen LogP contribution in [0.3, 0.4) is 0 Å². The number of morpholine rings is 1. The highest BCUT2D eigenvalue weighted by Crippen LogP contribution is 2.19. The minimum atomic E-state index is -0.286. The van der Waals surface area contributed by atoms with Gasteiger partial charge in [0, 0.05) is 32.4 Å². The molecular formula is C23H32FN5O2. The lowest BCUT2D eigenvalue weighted by Crippen LogP contribution is -2.45. The van der Waals surface area contributed by atoms with Crippen molar-refractivity contribution in [3.63, 3.8) is 0 Å². The summed E-state index contributed by atoms with van der Waals surface area (Å²) in [6.45, 7) is 6.50. The number of nitrogens with zero attached hydrogens (tertiary/aromatic N) is 3. The maximum atomic E-state index is 13.6. The van der Waals surface area contributed by atoms with E-state index in [0.29, 0.717) is 13.1 Å². The summed E-state index contributed by atoms with van der Waals surface area (Å²) in [7, 11) is 3.80. The first-order chi connectivity index (χ1) is 14.8. The second kappa shape index (κ2) is 10.5. The lowest BCUT2D eigenvalue weighted by atomic mass is 10.1. The zero-order valence-electron chi connectivity index (χ0n) is 18.6. The van der Waals surface area contributed by atoms with E-state index in [9.17, 15) is 9.18 Å². The van der Waals surface area contributed by atoms with Crippen LogP contribution in [0.1, 0.15) is 31.0 Å². The Morgan fingerprint density at radius 1 is 1.23 bits per heavy atom. The molecule has 0 spiro atoms. The predicted molar refractivity (Wildman–Crippen MR) is 120 cm³/mol. The van der Waals surface area contributed by atoms with Gasteiger partial charge >= 0.3 is 6.03 Å². The number of pyridine rings is 1. The third kappa shape index (κ3) is 6.63. The van der Waals surface area contributed by atoms with Gasteiger partial charge in [0.2, 0.25) is 0 Å². The molecule has 8 heteroatoms. The normalized spacial score (nSPS) is 19.9. The molecule has 2 heterocycles. The van der Waals surface area contributed by atoms with Crippen molar-refractivity contribution in [1.82, 2.24) is 20.5 Å². The van der Waals surface area contributed by atoms with E-state index in [4.69, 9.17) is 4.74 Å². The third-order valence-corrected chi connectivity index (χ3v) is 5.32. The smallest absolute Gasteiger partial charge is 0.315 e. The van der Waals surface area contributed by atoms with Gasteiger partial charge in [-0.2, -0.15) is 0 Å². The SMILES string of the molecule is CC1CN(c2ccc(CNC(=O)NCC(c3cccc(F)c3)N(C)C)cn2)CC(C)O1. The van der Waals surface area contributed by atoms with E-state index in [1.54, 1.807) is 12.3 Å². The molecule has 0 aliphatic carbocycles. The molecule has 2 aromatic rings. The quantitative estimate of drug-likeness (QED) is 0.708. The minimum Gasteiger partial charge on any atom is -0.372 e. The molecule has 2 N–H and O–H groups in total. The fraction of sp³-hybridized carbons (Fsp3) is 0.478. The molecule has 1 aliphatic rings. The highest BCUT2D eigenvalue weighted by atomic mass is 19.1. The van der Waals surface area contributed by atoms with E-state index in [0.717, 1.165) is 30.0 Å². The number of amides is 2. The first-order valence-corrected chi connectivity index (χ1v) is 10.6. The number of ether oxygens (including phenoxy) is 1. The first kappa shape index (κ1) is 23.0. The van der Waals surface area contributed by atoms with Crippen LogP contribution < -0.4 is 15.5 Å². The van der Waals surface area contributed by atoms with Crippen LogP contribution in [0.5, 0.6) is 0 Å². The Morgan fingerprint density at radius 3 is 2.58 bits per heavy atom. The average molecular weight is 430 g/mol. The van der Waals surface area contributed by atoms with Crippen molar-refractivity contribution < 1.29 is 13.9 Å². The summed E-state index contributed by atoms with van der Waals surface area (Å²) in [6, 6.07) is 9.99. The van der Waals surface area contributed by atoms with Gasteiger partial charge in [0.25, 0.3) is 0 Å². The highest BCUT2D eigenvalue weighted by Gasteiger charge is 2.23. The molecule has 1 fully saturated rings. The molecule has 0 radical (unpaired) electrons. The van der Waals surface area contributed by atoms with Gasteiger partial charge in [-0.3, -0.25) is 0 Å². The Balaban J connectivity index is 1.49. The zero-order valence-corrected chi connectivity index (χ0v) is 18.6. The maximum absolute atomic E-state index is 13.6. The van der Waals surface area contributed by atoms with Crippen molar-refractivity contribution in [2.75, 3.05) is 38.6 Å². The van der Waals surface area contributed by atoms with Gasteiger partial charge in [-0.15, -0.1) is 0 Å². The summed E-state index contributed by atoms with van der Waals surface area (Å²) >= 11 is 0. The summed E-state index contributed by atoms with van der Waals surface area (Å²) in [6.07, 6.45) is 2.14. The predicted octanol–water partition coefficient (Wildman–Crippen LogP) is 2.94. The van der Waals surface area contributed by atoms with Crippen molar-refractivity contribution in [1.29, 1.82) is 0 Å². The van der Waals surface area contributed by atoms with Crippen molar-refractivity contribution in [3.05, 3.63) is 59.5 Å². The van der Waals surface area contributed by atoms with Crippen LogP contribution in [0.4, 0.5) is 15.0 Å². The standard InChI is InChI=1S/C23H32FN5O2/c1-16-14-29(15-17(2)31-16)22-9-8-18(11-25-22)12-26-23(30)27-13-21(28(3)4)19-6-5-7-20(24)10-19/h5-11,16-17,21H,12-15H2,1-4H3,(H2,26,27,30). The Hall–Kier alpha value is -2.71. The summed E-state index contributed by atoms with van der Waals surface area (Å²) in [4.78, 5) is 21.0. The van der Waals surface area contributed by atoms with Crippen LogP contribution in [0.15, 0.2) is 42.6 Å². The Labute approximate surface area is 183 Å². The van der Waals surface area contributed by atoms with E-state index in [1.807, 2.05) is 37.2 Å². The minimum absolute atomic E-state index is 0.124. The number of hydrogen-bond donors (Lipinski definition) is 2. The summed E-state index contributed by atoms with van der Waals surface area (Å²) < 4.78 is 19.3.